The number of benzene rings is 1. The molecule has 3 nitrogen and oxygen atoms in total. The van der Waals surface area contributed by atoms with E-state index in [1.807, 2.05) is 11.3 Å². The molecule has 0 spiro atoms. The van der Waals surface area contributed by atoms with Crippen LogP contribution < -0.4 is 10.6 Å². The number of anilines is 2. The lowest BCUT2D eigenvalue weighted by atomic mass is 9.99. The largest absolute Gasteiger partial charge is 0.323 e. The van der Waals surface area contributed by atoms with Gasteiger partial charge in [0.1, 0.15) is 0 Å². The Bertz CT molecular complexity index is 649. The molecule has 1 aromatic heterocycles. The summed E-state index contributed by atoms with van der Waals surface area (Å²) >= 11 is 1.81. The summed E-state index contributed by atoms with van der Waals surface area (Å²) in [5, 5.41) is 1.15. The van der Waals surface area contributed by atoms with E-state index in [0.29, 0.717) is 0 Å². The molecule has 0 saturated heterocycles. The maximum atomic E-state index is 6.27. The number of hydrogen-bond acceptors (Lipinski definition) is 4. The third-order valence-corrected chi connectivity index (χ3v) is 5.83. The van der Waals surface area contributed by atoms with E-state index in [9.17, 15) is 0 Å². The quantitative estimate of drug-likeness (QED) is 0.867. The molecule has 0 saturated carbocycles. The molecule has 0 amide bonds. The monoisotopic (exact) mass is 299 g/mol. The maximum absolute atomic E-state index is 6.27. The summed E-state index contributed by atoms with van der Waals surface area (Å²) < 4.78 is 0. The van der Waals surface area contributed by atoms with Crippen molar-refractivity contribution in [2.75, 3.05) is 11.4 Å². The molecule has 0 fully saturated rings. The second-order valence-electron chi connectivity index (χ2n) is 6.04. The van der Waals surface area contributed by atoms with Gasteiger partial charge in [0.15, 0.2) is 5.13 Å². The summed E-state index contributed by atoms with van der Waals surface area (Å²) in [6, 6.07) is 8.97. The van der Waals surface area contributed by atoms with E-state index in [4.69, 9.17) is 10.7 Å². The Labute approximate surface area is 129 Å². The minimum atomic E-state index is 0.197. The van der Waals surface area contributed by atoms with Gasteiger partial charge in [-0.2, -0.15) is 0 Å². The fraction of sp³-hybridized carbons (Fsp3) is 0.471. The predicted octanol–water partition coefficient (Wildman–Crippen LogP) is 3.95. The number of aryl methyl sites for hydroxylation is 2. The zero-order valence-electron chi connectivity index (χ0n) is 12.2. The molecule has 1 aromatic carbocycles. The number of para-hydroxylation sites is 1. The van der Waals surface area contributed by atoms with Gasteiger partial charge >= 0.3 is 0 Å². The first-order valence-electron chi connectivity index (χ1n) is 7.93. The average molecular weight is 299 g/mol. The van der Waals surface area contributed by atoms with E-state index < -0.39 is 0 Å². The third kappa shape index (κ3) is 2.36. The van der Waals surface area contributed by atoms with Gasteiger partial charge in [0.05, 0.1) is 5.69 Å². The molecule has 2 N–H and O–H groups in total. The first-order valence-corrected chi connectivity index (χ1v) is 8.75. The maximum Gasteiger partial charge on any atom is 0.190 e. The highest BCUT2D eigenvalue weighted by Gasteiger charge is 2.25. The number of aromatic nitrogens is 1. The molecule has 1 aliphatic carbocycles. The number of nitrogens with zero attached hydrogens (tertiary/aromatic N) is 2. The Kier molecular flexibility index (Phi) is 3.43. The lowest BCUT2D eigenvalue weighted by Crippen LogP contribution is -2.17. The van der Waals surface area contributed by atoms with Crippen molar-refractivity contribution in [1.82, 2.24) is 4.98 Å². The fourth-order valence-electron chi connectivity index (χ4n) is 3.45. The average Bonchev–Trinajstić information content (AvgIpc) is 2.82. The SMILES string of the molecule is NC1CCCc2nc(N3CCCCc4ccccc43)sc21. The van der Waals surface area contributed by atoms with E-state index in [0.717, 1.165) is 24.5 Å². The molecule has 4 heteroatoms. The van der Waals surface area contributed by atoms with Gasteiger partial charge in [-0.25, -0.2) is 4.98 Å². The van der Waals surface area contributed by atoms with E-state index in [-0.39, 0.29) is 6.04 Å². The van der Waals surface area contributed by atoms with E-state index >= 15 is 0 Å². The third-order valence-electron chi connectivity index (χ3n) is 4.57. The summed E-state index contributed by atoms with van der Waals surface area (Å²) in [5.74, 6) is 0. The van der Waals surface area contributed by atoms with Gasteiger partial charge in [0.25, 0.3) is 0 Å². The van der Waals surface area contributed by atoms with Crippen molar-refractivity contribution in [3.63, 3.8) is 0 Å². The summed E-state index contributed by atoms with van der Waals surface area (Å²) in [6.07, 6.45) is 7.04. The number of thiazole rings is 1. The molecular weight excluding hydrogens is 278 g/mol. The molecule has 2 heterocycles. The van der Waals surface area contributed by atoms with Crippen LogP contribution in [0.3, 0.4) is 0 Å². The second-order valence-corrected chi connectivity index (χ2v) is 7.05. The Morgan fingerprint density at radius 2 is 2.05 bits per heavy atom. The summed E-state index contributed by atoms with van der Waals surface area (Å²) in [5.41, 5.74) is 10.3. The van der Waals surface area contributed by atoms with Crippen molar-refractivity contribution in [3.05, 3.63) is 40.4 Å². The van der Waals surface area contributed by atoms with Gasteiger partial charge < -0.3 is 10.6 Å². The lowest BCUT2D eigenvalue weighted by Gasteiger charge is -2.21. The van der Waals surface area contributed by atoms with Crippen LogP contribution in [0.1, 0.15) is 47.9 Å². The predicted molar refractivity (Wildman–Crippen MR) is 88.4 cm³/mol. The molecule has 4 rings (SSSR count). The van der Waals surface area contributed by atoms with Gasteiger partial charge in [0, 0.05) is 23.2 Å². The molecule has 1 atom stereocenters. The van der Waals surface area contributed by atoms with Crippen LogP contribution in [0.25, 0.3) is 0 Å². The molecule has 0 bridgehead atoms. The molecule has 1 unspecified atom stereocenters. The highest BCUT2D eigenvalue weighted by atomic mass is 32.1. The van der Waals surface area contributed by atoms with Crippen LogP contribution in [-0.4, -0.2) is 11.5 Å². The summed E-state index contributed by atoms with van der Waals surface area (Å²) in [6.45, 7) is 1.07. The Morgan fingerprint density at radius 1 is 1.14 bits per heavy atom. The topological polar surface area (TPSA) is 42.1 Å². The molecule has 2 aromatic rings. The standard InChI is InChI=1S/C17H21N3S/c18-13-8-5-9-14-16(13)21-17(19-14)20-11-4-3-7-12-6-1-2-10-15(12)20/h1-2,6,10,13H,3-5,7-9,11,18H2. The highest BCUT2D eigenvalue weighted by Crippen LogP contribution is 2.40. The van der Waals surface area contributed by atoms with Gasteiger partial charge in [-0.15, -0.1) is 0 Å². The zero-order valence-corrected chi connectivity index (χ0v) is 13.0. The van der Waals surface area contributed by atoms with Crippen molar-refractivity contribution in [1.29, 1.82) is 0 Å². The molecule has 21 heavy (non-hydrogen) atoms. The van der Waals surface area contributed by atoms with E-state index in [2.05, 4.69) is 29.2 Å². The summed E-state index contributed by atoms with van der Waals surface area (Å²) in [7, 11) is 0. The van der Waals surface area contributed by atoms with E-state index in [1.165, 1.54) is 47.5 Å². The van der Waals surface area contributed by atoms with Crippen LogP contribution in [0, 0.1) is 0 Å². The highest BCUT2D eigenvalue weighted by molar-refractivity contribution is 7.15. The van der Waals surface area contributed by atoms with Crippen molar-refractivity contribution >= 4 is 22.2 Å². The van der Waals surface area contributed by atoms with Crippen LogP contribution in [0.15, 0.2) is 24.3 Å². The number of rotatable bonds is 1. The lowest BCUT2D eigenvalue weighted by molar-refractivity contribution is 0.573. The van der Waals surface area contributed by atoms with E-state index in [1.54, 1.807) is 0 Å². The van der Waals surface area contributed by atoms with Crippen LogP contribution in [0.4, 0.5) is 10.8 Å². The van der Waals surface area contributed by atoms with Crippen LogP contribution >= 0.6 is 11.3 Å². The van der Waals surface area contributed by atoms with Gasteiger partial charge in [0.2, 0.25) is 0 Å². The first-order chi connectivity index (χ1) is 10.3. The number of fused-ring (bicyclic) bond motifs is 2. The minimum absolute atomic E-state index is 0.197. The molecular formula is C17H21N3S. The normalized spacial score (nSPS) is 21.6. The smallest absolute Gasteiger partial charge is 0.190 e. The molecule has 110 valence electrons. The zero-order chi connectivity index (χ0) is 14.2. The molecule has 1 aliphatic heterocycles. The van der Waals surface area contributed by atoms with Crippen molar-refractivity contribution in [3.8, 4) is 0 Å². The Morgan fingerprint density at radius 3 is 2.95 bits per heavy atom. The van der Waals surface area contributed by atoms with Crippen molar-refractivity contribution in [2.45, 2.75) is 44.6 Å². The first kappa shape index (κ1) is 13.3. The second kappa shape index (κ2) is 5.43. The Hall–Kier alpha value is -1.39. The van der Waals surface area contributed by atoms with Gasteiger partial charge in [-0.1, -0.05) is 29.5 Å². The van der Waals surface area contributed by atoms with Gasteiger partial charge in [-0.3, -0.25) is 0 Å². The Balaban J connectivity index is 1.76. The van der Waals surface area contributed by atoms with Gasteiger partial charge in [-0.05, 0) is 50.2 Å². The van der Waals surface area contributed by atoms with Crippen LogP contribution in [-0.2, 0) is 12.8 Å². The molecule has 2 aliphatic rings. The summed E-state index contributed by atoms with van der Waals surface area (Å²) in [4.78, 5) is 8.66. The van der Waals surface area contributed by atoms with Crippen molar-refractivity contribution in [2.24, 2.45) is 5.73 Å². The minimum Gasteiger partial charge on any atom is -0.323 e. The fourth-order valence-corrected chi connectivity index (χ4v) is 4.63. The number of nitrogens with two attached hydrogens (primary N) is 1. The van der Waals surface area contributed by atoms with Crippen LogP contribution in [0.2, 0.25) is 0 Å². The van der Waals surface area contributed by atoms with Crippen LogP contribution in [0.5, 0.6) is 0 Å². The van der Waals surface area contributed by atoms with Crippen molar-refractivity contribution < 1.29 is 0 Å². The molecule has 0 radical (unpaired) electrons. The number of hydrogen-bond donors (Lipinski definition) is 1.